The zero-order chi connectivity index (χ0) is 24.2. The molecule has 1 aliphatic rings. The van der Waals surface area contributed by atoms with Crippen molar-refractivity contribution in [2.24, 2.45) is 0 Å². The highest BCUT2D eigenvalue weighted by Crippen LogP contribution is 2.23. The van der Waals surface area contributed by atoms with E-state index in [0.29, 0.717) is 16.7 Å². The number of benzene rings is 2. The number of nitrogens with one attached hydrogen (secondary N) is 3. The summed E-state index contributed by atoms with van der Waals surface area (Å²) in [7, 11) is 0. The molecule has 7 nitrogen and oxygen atoms in total. The van der Waals surface area contributed by atoms with Crippen molar-refractivity contribution in [3.05, 3.63) is 71.0 Å². The normalized spacial score (nSPS) is 14.7. The van der Waals surface area contributed by atoms with E-state index in [2.05, 4.69) is 38.5 Å². The Hall–Kier alpha value is -4.07. The number of aromatic amines is 2. The number of H-pyrrole nitrogens is 2. The molecule has 2 aromatic heterocycles. The van der Waals surface area contributed by atoms with Gasteiger partial charge in [0.2, 0.25) is 0 Å². The van der Waals surface area contributed by atoms with Gasteiger partial charge in [0.15, 0.2) is 0 Å². The quantitative estimate of drug-likeness (QED) is 0.347. The summed E-state index contributed by atoms with van der Waals surface area (Å²) in [6.07, 6.45) is 8.82. The number of hydrogen-bond donors (Lipinski definition) is 3. The van der Waals surface area contributed by atoms with Crippen LogP contribution >= 0.6 is 0 Å². The molecular formula is C28H28N6O. The lowest BCUT2D eigenvalue weighted by atomic mass is 10.0. The summed E-state index contributed by atoms with van der Waals surface area (Å²) in [6.45, 7) is 3.02. The first-order chi connectivity index (χ1) is 17.2. The minimum Gasteiger partial charge on any atom is -0.361 e. The first-order valence-electron chi connectivity index (χ1n) is 12.2. The summed E-state index contributed by atoms with van der Waals surface area (Å²) in [4.78, 5) is 21.8. The lowest BCUT2D eigenvalue weighted by Gasteiger charge is -2.32. The molecule has 3 heterocycles. The number of nitrogens with zero attached hydrogens (tertiary/aromatic N) is 3. The summed E-state index contributed by atoms with van der Waals surface area (Å²) >= 11 is 0. The van der Waals surface area contributed by atoms with Gasteiger partial charge in [0.1, 0.15) is 6.07 Å². The summed E-state index contributed by atoms with van der Waals surface area (Å²) in [5.74, 6) is -0.0846. The fourth-order valence-electron chi connectivity index (χ4n) is 5.11. The Morgan fingerprint density at radius 3 is 2.69 bits per heavy atom. The third kappa shape index (κ3) is 4.77. The molecule has 0 atom stereocenters. The summed E-state index contributed by atoms with van der Waals surface area (Å²) in [5.41, 5.74) is 4.92. The minimum atomic E-state index is -0.0846. The van der Waals surface area contributed by atoms with Crippen LogP contribution < -0.4 is 5.32 Å². The monoisotopic (exact) mass is 464 g/mol. The van der Waals surface area contributed by atoms with Crippen LogP contribution in [0.3, 0.4) is 0 Å². The van der Waals surface area contributed by atoms with Gasteiger partial charge >= 0.3 is 0 Å². The molecule has 7 heteroatoms. The van der Waals surface area contributed by atoms with Crippen molar-refractivity contribution in [2.45, 2.75) is 38.1 Å². The highest BCUT2D eigenvalue weighted by Gasteiger charge is 2.22. The number of unbranched alkanes of at least 4 members (excludes halogenated alkanes) is 1. The van der Waals surface area contributed by atoms with Crippen molar-refractivity contribution in [1.82, 2.24) is 20.2 Å². The van der Waals surface area contributed by atoms with Crippen LogP contribution in [0.25, 0.3) is 21.8 Å². The first-order valence-corrected chi connectivity index (χ1v) is 12.2. The number of hydrogen-bond acceptors (Lipinski definition) is 4. The minimum absolute atomic E-state index is 0.0846. The third-order valence-corrected chi connectivity index (χ3v) is 7.07. The van der Waals surface area contributed by atoms with Crippen molar-refractivity contribution >= 4 is 27.7 Å². The van der Waals surface area contributed by atoms with Gasteiger partial charge in [-0.3, -0.25) is 4.79 Å². The molecule has 0 aliphatic carbocycles. The SMILES string of the molecule is N#Cc1ccc2[nH]cc(CCCCN3CCC(NC(=O)c4cccc5c(C#N)c[nH]c45)CC3)c2c1. The highest BCUT2D eigenvalue weighted by molar-refractivity contribution is 6.07. The van der Waals surface area contributed by atoms with E-state index >= 15 is 0 Å². The predicted octanol–water partition coefficient (Wildman–Crippen LogP) is 4.61. The molecule has 0 spiro atoms. The summed E-state index contributed by atoms with van der Waals surface area (Å²) in [5, 5.41) is 23.5. The molecule has 1 amide bonds. The van der Waals surface area contributed by atoms with E-state index in [1.807, 2.05) is 30.3 Å². The van der Waals surface area contributed by atoms with Crippen LogP contribution in [0.2, 0.25) is 0 Å². The highest BCUT2D eigenvalue weighted by atomic mass is 16.1. The molecule has 0 saturated carbocycles. The molecule has 176 valence electrons. The van der Waals surface area contributed by atoms with Crippen LogP contribution in [0.1, 0.15) is 52.7 Å². The number of rotatable bonds is 7. The predicted molar refractivity (Wildman–Crippen MR) is 136 cm³/mol. The van der Waals surface area contributed by atoms with Crippen LogP contribution in [0, 0.1) is 22.7 Å². The molecule has 1 aliphatic heterocycles. The standard InChI is InChI=1S/C28H28N6O/c29-15-19-7-8-26-25(14-19)20(17-31-26)4-1-2-11-34-12-9-22(10-13-34)33-28(35)24-6-3-5-23-21(16-30)18-32-27(23)24/h3,5-8,14,17-18,22,31-32H,1-2,4,9-13H2,(H,33,35). The largest absolute Gasteiger partial charge is 0.361 e. The lowest BCUT2D eigenvalue weighted by molar-refractivity contribution is 0.0912. The van der Waals surface area contributed by atoms with Crippen LogP contribution in [0.5, 0.6) is 0 Å². The van der Waals surface area contributed by atoms with Crippen molar-refractivity contribution in [3.8, 4) is 12.1 Å². The molecule has 4 aromatic rings. The second kappa shape index (κ2) is 10.0. The van der Waals surface area contributed by atoms with Gasteiger partial charge in [-0.1, -0.05) is 12.1 Å². The van der Waals surface area contributed by atoms with E-state index in [1.54, 1.807) is 12.3 Å². The van der Waals surface area contributed by atoms with Crippen molar-refractivity contribution in [3.63, 3.8) is 0 Å². The number of carbonyl (C=O) groups excluding carboxylic acids is 1. The van der Waals surface area contributed by atoms with Gasteiger partial charge in [-0.15, -0.1) is 0 Å². The summed E-state index contributed by atoms with van der Waals surface area (Å²) < 4.78 is 0. The van der Waals surface area contributed by atoms with E-state index in [0.717, 1.165) is 73.5 Å². The fourth-order valence-corrected chi connectivity index (χ4v) is 5.11. The van der Waals surface area contributed by atoms with Crippen molar-refractivity contribution in [1.29, 1.82) is 10.5 Å². The fraction of sp³-hybridized carbons (Fsp3) is 0.321. The zero-order valence-corrected chi connectivity index (χ0v) is 19.6. The van der Waals surface area contributed by atoms with E-state index in [-0.39, 0.29) is 11.9 Å². The number of fused-ring (bicyclic) bond motifs is 2. The molecule has 0 radical (unpaired) electrons. The van der Waals surface area contributed by atoms with E-state index in [1.165, 1.54) is 5.56 Å². The molecule has 1 fully saturated rings. The molecule has 1 saturated heterocycles. The maximum absolute atomic E-state index is 12.9. The van der Waals surface area contributed by atoms with Crippen LogP contribution in [0.4, 0.5) is 0 Å². The maximum Gasteiger partial charge on any atom is 0.253 e. The smallest absolute Gasteiger partial charge is 0.253 e. The molecule has 2 aromatic carbocycles. The topological polar surface area (TPSA) is 112 Å². The molecule has 3 N–H and O–H groups in total. The van der Waals surface area contributed by atoms with Gasteiger partial charge in [-0.25, -0.2) is 0 Å². The van der Waals surface area contributed by atoms with Gasteiger partial charge < -0.3 is 20.2 Å². The van der Waals surface area contributed by atoms with Crippen LogP contribution in [0.15, 0.2) is 48.8 Å². The number of aryl methyl sites for hydroxylation is 1. The van der Waals surface area contributed by atoms with Crippen LogP contribution in [-0.4, -0.2) is 46.5 Å². The Labute approximate surface area is 204 Å². The molecule has 0 bridgehead atoms. The number of likely N-dealkylation sites (tertiary alicyclic amines) is 1. The van der Waals surface area contributed by atoms with Crippen molar-refractivity contribution < 1.29 is 4.79 Å². The number of piperidine rings is 1. The Morgan fingerprint density at radius 2 is 1.89 bits per heavy atom. The first kappa shape index (κ1) is 22.7. The number of nitriles is 2. The Bertz CT molecular complexity index is 1440. The number of aromatic nitrogens is 2. The van der Waals surface area contributed by atoms with Gasteiger partial charge in [0.25, 0.3) is 5.91 Å². The molecular weight excluding hydrogens is 436 g/mol. The third-order valence-electron chi connectivity index (χ3n) is 7.07. The molecule has 35 heavy (non-hydrogen) atoms. The molecule has 0 unspecified atom stereocenters. The Balaban J connectivity index is 1.08. The zero-order valence-electron chi connectivity index (χ0n) is 19.6. The van der Waals surface area contributed by atoms with Gasteiger partial charge in [0.05, 0.1) is 28.3 Å². The second-order valence-corrected chi connectivity index (χ2v) is 9.27. The van der Waals surface area contributed by atoms with Crippen molar-refractivity contribution in [2.75, 3.05) is 19.6 Å². The Kier molecular flexibility index (Phi) is 6.52. The van der Waals surface area contributed by atoms with Crippen LogP contribution in [-0.2, 0) is 6.42 Å². The maximum atomic E-state index is 12.9. The summed E-state index contributed by atoms with van der Waals surface area (Å²) in [6, 6.07) is 15.8. The molecule has 5 rings (SSSR count). The van der Waals surface area contributed by atoms with Gasteiger partial charge in [-0.05, 0) is 68.5 Å². The second-order valence-electron chi connectivity index (χ2n) is 9.27. The number of amides is 1. The average Bonchev–Trinajstić information content (AvgIpc) is 3.50. The Morgan fingerprint density at radius 1 is 1.03 bits per heavy atom. The average molecular weight is 465 g/mol. The number of carbonyl (C=O) groups is 1. The van der Waals surface area contributed by atoms with Gasteiger partial charge in [-0.2, -0.15) is 10.5 Å². The van der Waals surface area contributed by atoms with E-state index in [4.69, 9.17) is 5.26 Å². The van der Waals surface area contributed by atoms with E-state index in [9.17, 15) is 10.1 Å². The lowest BCUT2D eigenvalue weighted by Crippen LogP contribution is -2.44. The number of para-hydroxylation sites is 1. The van der Waals surface area contributed by atoms with E-state index < -0.39 is 0 Å². The van der Waals surface area contributed by atoms with Gasteiger partial charge in [0, 0.05) is 47.8 Å².